The van der Waals surface area contributed by atoms with Gasteiger partial charge in [0.25, 0.3) is 0 Å². The Labute approximate surface area is 247 Å². The Balaban J connectivity index is 1.56. The van der Waals surface area contributed by atoms with Gasteiger partial charge in [-0.15, -0.1) is 0 Å². The van der Waals surface area contributed by atoms with E-state index in [0.29, 0.717) is 36.8 Å². The fourth-order valence-corrected chi connectivity index (χ4v) is 5.68. The summed E-state index contributed by atoms with van der Waals surface area (Å²) in [6.07, 6.45) is 2.08. The molecule has 41 heavy (non-hydrogen) atoms. The molecule has 1 amide bonds. The lowest BCUT2D eigenvalue weighted by molar-refractivity contribution is 0.0198. The van der Waals surface area contributed by atoms with E-state index in [2.05, 4.69) is 9.62 Å². The summed E-state index contributed by atoms with van der Waals surface area (Å²) < 4.78 is 45.8. The molecule has 7 nitrogen and oxygen atoms in total. The molecule has 3 aromatic rings. The number of halogens is 2. The van der Waals surface area contributed by atoms with Crippen molar-refractivity contribution in [2.45, 2.75) is 58.3 Å². The van der Waals surface area contributed by atoms with Crippen LogP contribution >= 0.6 is 11.6 Å². The number of amides is 1. The van der Waals surface area contributed by atoms with Gasteiger partial charge in [0.2, 0.25) is 10.0 Å². The maximum Gasteiger partial charge on any atom is 0.410 e. The van der Waals surface area contributed by atoms with Crippen LogP contribution in [0.4, 0.5) is 14.9 Å². The highest BCUT2D eigenvalue weighted by Gasteiger charge is 2.29. The van der Waals surface area contributed by atoms with Crippen LogP contribution < -0.4 is 4.72 Å². The standard InChI is InChI=1S/C31H37ClFN3O4S/c1-31(2,3)40-30(37)36(20-23-6-5-7-28(16-23)34-41(4,38)39)15-14-35-21-24-10-13-27(33)18-25(24)19-29(35)17-22-8-11-26(32)12-9-22/h5-13,16,18,29,34H,14-15,17,19-21H2,1-4H3. The first-order valence-corrected chi connectivity index (χ1v) is 15.8. The predicted octanol–water partition coefficient (Wildman–Crippen LogP) is 6.26. The Hall–Kier alpha value is -3.14. The molecule has 0 fully saturated rings. The normalized spacial score (nSPS) is 15.7. The number of ether oxygens (including phenoxy) is 1. The molecule has 0 saturated carbocycles. The van der Waals surface area contributed by atoms with Crippen LogP contribution in [0.2, 0.25) is 5.02 Å². The highest BCUT2D eigenvalue weighted by molar-refractivity contribution is 7.92. The Bertz CT molecular complexity index is 1480. The first-order valence-electron chi connectivity index (χ1n) is 13.5. The number of hydrogen-bond acceptors (Lipinski definition) is 5. The van der Waals surface area contributed by atoms with Gasteiger partial charge in [-0.2, -0.15) is 0 Å². The van der Waals surface area contributed by atoms with E-state index in [9.17, 15) is 17.6 Å². The highest BCUT2D eigenvalue weighted by atomic mass is 35.5. The molecule has 3 aromatic carbocycles. The molecule has 220 valence electrons. The fraction of sp³-hybridized carbons (Fsp3) is 0.387. The molecule has 0 saturated heterocycles. The smallest absolute Gasteiger partial charge is 0.410 e. The second-order valence-electron chi connectivity index (χ2n) is 11.5. The summed E-state index contributed by atoms with van der Waals surface area (Å²) in [5.41, 5.74) is 3.71. The lowest BCUT2D eigenvalue weighted by Crippen LogP contribution is -2.47. The van der Waals surface area contributed by atoms with Crippen LogP contribution in [0.1, 0.15) is 43.0 Å². The Morgan fingerprint density at radius 1 is 1.07 bits per heavy atom. The van der Waals surface area contributed by atoms with Crippen molar-refractivity contribution in [2.24, 2.45) is 0 Å². The number of carbonyl (C=O) groups is 1. The lowest BCUT2D eigenvalue weighted by Gasteiger charge is -2.38. The van der Waals surface area contributed by atoms with E-state index in [4.69, 9.17) is 16.3 Å². The minimum Gasteiger partial charge on any atom is -0.444 e. The van der Waals surface area contributed by atoms with Gasteiger partial charge in [-0.1, -0.05) is 41.9 Å². The van der Waals surface area contributed by atoms with E-state index in [1.165, 1.54) is 6.07 Å². The third-order valence-corrected chi connectivity index (χ3v) is 7.67. The van der Waals surface area contributed by atoms with Crippen molar-refractivity contribution in [2.75, 3.05) is 24.1 Å². The van der Waals surface area contributed by atoms with E-state index >= 15 is 0 Å². The van der Waals surface area contributed by atoms with Gasteiger partial charge in [-0.3, -0.25) is 9.62 Å². The van der Waals surface area contributed by atoms with Gasteiger partial charge < -0.3 is 9.64 Å². The van der Waals surface area contributed by atoms with Crippen molar-refractivity contribution >= 4 is 33.4 Å². The molecule has 10 heteroatoms. The van der Waals surface area contributed by atoms with Crippen molar-refractivity contribution in [3.8, 4) is 0 Å². The number of fused-ring (bicyclic) bond motifs is 1. The van der Waals surface area contributed by atoms with Gasteiger partial charge in [0.15, 0.2) is 0 Å². The molecule has 1 aliphatic rings. The quantitative estimate of drug-likeness (QED) is 0.313. The number of nitrogens with zero attached hydrogens (tertiary/aromatic N) is 2. The maximum atomic E-state index is 14.1. The zero-order valence-electron chi connectivity index (χ0n) is 23.9. The average molecular weight is 602 g/mol. The minimum atomic E-state index is -3.44. The van der Waals surface area contributed by atoms with Crippen LogP contribution in [0.25, 0.3) is 0 Å². The summed E-state index contributed by atoms with van der Waals surface area (Å²) in [4.78, 5) is 17.3. The van der Waals surface area contributed by atoms with E-state index < -0.39 is 21.7 Å². The molecular formula is C31H37ClFN3O4S. The molecule has 1 atom stereocenters. The van der Waals surface area contributed by atoms with Crippen molar-refractivity contribution in [1.82, 2.24) is 9.80 Å². The number of rotatable bonds is 9. The van der Waals surface area contributed by atoms with Crippen molar-refractivity contribution in [3.63, 3.8) is 0 Å². The molecule has 0 radical (unpaired) electrons. The first kappa shape index (κ1) is 30.8. The van der Waals surface area contributed by atoms with Gasteiger partial charge in [0.1, 0.15) is 11.4 Å². The molecule has 0 aromatic heterocycles. The number of anilines is 1. The van der Waals surface area contributed by atoms with Crippen LogP contribution in [0.3, 0.4) is 0 Å². The summed E-state index contributed by atoms with van der Waals surface area (Å²) in [6, 6.07) is 19.8. The monoisotopic (exact) mass is 601 g/mol. The number of carbonyl (C=O) groups excluding carboxylic acids is 1. The number of benzene rings is 3. The van der Waals surface area contributed by atoms with Crippen LogP contribution in [0.5, 0.6) is 0 Å². The van der Waals surface area contributed by atoms with Crippen molar-refractivity contribution in [3.05, 3.63) is 99.8 Å². The second-order valence-corrected chi connectivity index (χ2v) is 13.7. The summed E-state index contributed by atoms with van der Waals surface area (Å²) in [5.74, 6) is -0.244. The average Bonchev–Trinajstić information content (AvgIpc) is 2.86. The van der Waals surface area contributed by atoms with Crippen LogP contribution in [0.15, 0.2) is 66.7 Å². The summed E-state index contributed by atoms with van der Waals surface area (Å²) >= 11 is 6.10. The van der Waals surface area contributed by atoms with Gasteiger partial charge in [-0.25, -0.2) is 17.6 Å². The highest BCUT2D eigenvalue weighted by Crippen LogP contribution is 2.27. The van der Waals surface area contributed by atoms with Gasteiger partial charge in [0.05, 0.1) is 6.26 Å². The zero-order valence-corrected chi connectivity index (χ0v) is 25.4. The van der Waals surface area contributed by atoms with E-state index in [-0.39, 0.29) is 18.4 Å². The molecular weight excluding hydrogens is 565 g/mol. The van der Waals surface area contributed by atoms with Crippen LogP contribution in [-0.4, -0.2) is 55.3 Å². The molecule has 1 heterocycles. The van der Waals surface area contributed by atoms with Gasteiger partial charge >= 0.3 is 6.09 Å². The summed E-state index contributed by atoms with van der Waals surface area (Å²) in [7, 11) is -3.44. The Morgan fingerprint density at radius 2 is 1.80 bits per heavy atom. The summed E-state index contributed by atoms with van der Waals surface area (Å²) in [5, 5.41) is 0.672. The van der Waals surface area contributed by atoms with Crippen LogP contribution in [0, 0.1) is 5.82 Å². The third kappa shape index (κ3) is 9.45. The number of nitrogens with one attached hydrogen (secondary N) is 1. The summed E-state index contributed by atoms with van der Waals surface area (Å²) in [6.45, 7) is 7.28. The molecule has 0 aliphatic carbocycles. The fourth-order valence-electron chi connectivity index (χ4n) is 5.00. The molecule has 0 bridgehead atoms. The molecule has 0 spiro atoms. The van der Waals surface area contributed by atoms with Crippen molar-refractivity contribution in [1.29, 1.82) is 0 Å². The Morgan fingerprint density at radius 3 is 2.49 bits per heavy atom. The predicted molar refractivity (Wildman–Crippen MR) is 161 cm³/mol. The zero-order chi connectivity index (χ0) is 29.8. The lowest BCUT2D eigenvalue weighted by atomic mass is 9.90. The van der Waals surface area contributed by atoms with Crippen molar-refractivity contribution < 1.29 is 22.3 Å². The van der Waals surface area contributed by atoms with E-state index in [0.717, 1.165) is 34.9 Å². The Kier molecular flexibility index (Phi) is 9.62. The SMILES string of the molecule is CC(C)(C)OC(=O)N(CCN1Cc2ccc(F)cc2CC1Cc1ccc(Cl)cc1)Cc1cccc(NS(C)(=O)=O)c1. The number of sulfonamides is 1. The first-order chi connectivity index (χ1) is 19.2. The molecule has 1 aliphatic heterocycles. The largest absolute Gasteiger partial charge is 0.444 e. The maximum absolute atomic E-state index is 14.1. The topological polar surface area (TPSA) is 79.0 Å². The second kappa shape index (κ2) is 12.8. The van der Waals surface area contributed by atoms with Gasteiger partial charge in [-0.05, 0) is 92.3 Å². The third-order valence-electron chi connectivity index (χ3n) is 6.81. The van der Waals surface area contributed by atoms with Gasteiger partial charge in [0, 0.05) is 42.9 Å². The number of hydrogen-bond donors (Lipinski definition) is 1. The van der Waals surface area contributed by atoms with E-state index in [1.54, 1.807) is 29.2 Å². The van der Waals surface area contributed by atoms with E-state index in [1.807, 2.05) is 57.2 Å². The molecule has 4 rings (SSSR count). The molecule has 1 N–H and O–H groups in total. The minimum absolute atomic E-state index is 0.0910. The molecule has 1 unspecified atom stereocenters. The van der Waals surface area contributed by atoms with Crippen LogP contribution in [-0.2, 0) is 40.7 Å².